The number of rotatable bonds is 18. The zero-order valence-corrected chi connectivity index (χ0v) is 53.7. The Bertz CT molecular complexity index is 4180. The van der Waals surface area contributed by atoms with Crippen molar-refractivity contribution < 1.29 is 9.90 Å². The largest absolute Gasteiger partial charge is 0.478 e. The van der Waals surface area contributed by atoms with Crippen molar-refractivity contribution >= 4 is 74.5 Å². The minimum absolute atomic E-state index is 0.0490. The number of anilines is 3. The number of unbranched alkanes of at least 4 members (excludes halogenated alkanes) is 6. The molecule has 0 spiro atoms. The van der Waals surface area contributed by atoms with Crippen LogP contribution in [0.2, 0.25) is 0 Å². The first-order valence-electron chi connectivity index (χ1n) is 30.9. The fourth-order valence-corrected chi connectivity index (χ4v) is 18.4. The smallest absolute Gasteiger partial charge is 0.331 e. The lowest BCUT2D eigenvalue weighted by molar-refractivity contribution is -0.132. The van der Waals surface area contributed by atoms with Crippen molar-refractivity contribution in [3.8, 4) is 65.4 Å². The van der Waals surface area contributed by atoms with Gasteiger partial charge in [-0.05, 0) is 186 Å². The minimum atomic E-state index is -0.893. The van der Waals surface area contributed by atoms with E-state index in [-0.39, 0.29) is 16.2 Å². The topological polar surface area (TPSA) is 66.3 Å². The third-order valence-corrected chi connectivity index (χ3v) is 22.6. The highest BCUT2D eigenvalue weighted by Crippen LogP contribution is 2.63. The van der Waals surface area contributed by atoms with E-state index in [4.69, 9.17) is 8.75 Å². The molecular formula is C77H77N3O2S3. The van der Waals surface area contributed by atoms with Crippen molar-refractivity contribution in [3.63, 3.8) is 0 Å². The van der Waals surface area contributed by atoms with Crippen molar-refractivity contribution in [3.05, 3.63) is 199 Å². The lowest BCUT2D eigenvalue weighted by Gasteiger charge is -2.30. The maximum absolute atomic E-state index is 11.6. The van der Waals surface area contributed by atoms with Crippen molar-refractivity contribution in [2.24, 2.45) is 0 Å². The fourth-order valence-electron chi connectivity index (χ4n) is 14.9. The minimum Gasteiger partial charge on any atom is -0.478 e. The van der Waals surface area contributed by atoms with Crippen LogP contribution in [0.1, 0.15) is 172 Å². The summed E-state index contributed by atoms with van der Waals surface area (Å²) in [6.45, 7) is 24.8. The first kappa shape index (κ1) is 56.9. The third kappa shape index (κ3) is 9.57. The Labute approximate surface area is 515 Å². The van der Waals surface area contributed by atoms with Gasteiger partial charge in [-0.25, -0.2) is 4.79 Å². The molecule has 3 heterocycles. The summed E-state index contributed by atoms with van der Waals surface area (Å²) in [5, 5.41) is 9.55. The molecule has 7 aromatic carbocycles. The van der Waals surface area contributed by atoms with Crippen LogP contribution in [0.25, 0.3) is 82.5 Å². The van der Waals surface area contributed by atoms with Crippen LogP contribution >= 0.6 is 34.4 Å². The highest BCUT2D eigenvalue weighted by Gasteiger charge is 2.47. The van der Waals surface area contributed by atoms with Crippen molar-refractivity contribution in [2.75, 3.05) is 4.90 Å². The number of hydrogen-bond donors (Lipinski definition) is 1. The lowest BCUT2D eigenvalue weighted by Crippen LogP contribution is -2.23. The molecule has 1 N–H and O–H groups in total. The number of aryl methyl sites for hydroxylation is 4. The van der Waals surface area contributed by atoms with Gasteiger partial charge in [-0.1, -0.05) is 189 Å². The molecule has 13 rings (SSSR count). The molecule has 3 aliphatic rings. The number of fused-ring (bicyclic) bond motifs is 10. The normalized spacial score (nSPS) is 14.7. The average molecular weight is 1170 g/mol. The summed E-state index contributed by atoms with van der Waals surface area (Å²) in [7, 11) is 0. The van der Waals surface area contributed by atoms with Gasteiger partial charge < -0.3 is 10.0 Å². The Kier molecular flexibility index (Phi) is 14.7. The fraction of sp³-hybridized carbons (Fsp3) is 0.312. The Balaban J connectivity index is 0.884. The molecule has 3 aromatic heterocycles. The second kappa shape index (κ2) is 21.9. The number of carboxylic acids is 1. The van der Waals surface area contributed by atoms with Gasteiger partial charge in [-0.2, -0.15) is 8.75 Å². The van der Waals surface area contributed by atoms with Gasteiger partial charge >= 0.3 is 5.97 Å². The Hall–Kier alpha value is -7.23. The van der Waals surface area contributed by atoms with Crippen LogP contribution in [0.15, 0.2) is 139 Å². The van der Waals surface area contributed by atoms with E-state index >= 15 is 0 Å². The van der Waals surface area contributed by atoms with Crippen LogP contribution < -0.4 is 4.90 Å². The van der Waals surface area contributed by atoms with Gasteiger partial charge in [0.15, 0.2) is 0 Å². The molecule has 3 aliphatic carbocycles. The number of benzene rings is 7. The van der Waals surface area contributed by atoms with Gasteiger partial charge in [-0.15, -0.1) is 22.7 Å². The molecule has 430 valence electrons. The molecule has 0 aliphatic heterocycles. The van der Waals surface area contributed by atoms with Crippen LogP contribution in [0, 0.1) is 27.7 Å². The van der Waals surface area contributed by atoms with E-state index in [0.717, 1.165) is 63.2 Å². The number of carbonyl (C=O) groups is 1. The van der Waals surface area contributed by atoms with Gasteiger partial charge in [0.1, 0.15) is 11.0 Å². The lowest BCUT2D eigenvalue weighted by atomic mass is 9.77. The molecule has 10 aromatic rings. The van der Waals surface area contributed by atoms with Crippen LogP contribution in [0.4, 0.5) is 17.1 Å². The second-order valence-electron chi connectivity index (χ2n) is 25.9. The number of aromatic nitrogens is 2. The molecule has 0 saturated carbocycles. The summed E-state index contributed by atoms with van der Waals surface area (Å²) in [5.41, 5.74) is 29.7. The summed E-state index contributed by atoms with van der Waals surface area (Å²) < 4.78 is 10.2. The Morgan fingerprint density at radius 3 is 1.51 bits per heavy atom. The second-order valence-corrected chi connectivity index (χ2v) is 28.5. The molecule has 0 fully saturated rings. The van der Waals surface area contributed by atoms with E-state index in [0.29, 0.717) is 5.57 Å². The number of hydrogen-bond acceptors (Lipinski definition) is 7. The first-order chi connectivity index (χ1) is 40.9. The molecule has 5 nitrogen and oxygen atoms in total. The zero-order chi connectivity index (χ0) is 59.3. The highest BCUT2D eigenvalue weighted by atomic mass is 32.1. The predicted molar refractivity (Wildman–Crippen MR) is 363 cm³/mol. The monoisotopic (exact) mass is 1170 g/mol. The Morgan fingerprint density at radius 1 is 0.506 bits per heavy atom. The molecule has 0 atom stereocenters. The van der Waals surface area contributed by atoms with E-state index in [1.807, 2.05) is 22.7 Å². The zero-order valence-electron chi connectivity index (χ0n) is 51.3. The quantitative estimate of drug-likeness (QED) is 0.0685. The molecule has 0 saturated heterocycles. The maximum Gasteiger partial charge on any atom is 0.331 e. The van der Waals surface area contributed by atoms with E-state index in [2.05, 4.69) is 208 Å². The van der Waals surface area contributed by atoms with Gasteiger partial charge in [0, 0.05) is 69.5 Å². The van der Waals surface area contributed by atoms with Crippen molar-refractivity contribution in [1.29, 1.82) is 0 Å². The molecule has 0 bridgehead atoms. The van der Waals surface area contributed by atoms with Crippen molar-refractivity contribution in [1.82, 2.24) is 8.75 Å². The van der Waals surface area contributed by atoms with Crippen molar-refractivity contribution in [2.45, 2.75) is 157 Å². The summed E-state index contributed by atoms with van der Waals surface area (Å²) in [4.78, 5) is 19.7. The average Bonchev–Trinajstić information content (AvgIpc) is 1.68. The molecule has 8 heteroatoms. The molecular weight excluding hydrogens is 1100 g/mol. The van der Waals surface area contributed by atoms with E-state index in [1.165, 1.54) is 166 Å². The van der Waals surface area contributed by atoms with E-state index in [1.54, 1.807) is 13.0 Å². The summed E-state index contributed by atoms with van der Waals surface area (Å²) in [5.74, 6) is -0.893. The maximum atomic E-state index is 11.6. The molecule has 0 radical (unpaired) electrons. The first-order valence-corrected chi connectivity index (χ1v) is 33.3. The van der Waals surface area contributed by atoms with Crippen LogP contribution in [0.3, 0.4) is 0 Å². The van der Waals surface area contributed by atoms with Crippen LogP contribution in [-0.4, -0.2) is 19.8 Å². The summed E-state index contributed by atoms with van der Waals surface area (Å²) in [6.07, 6.45) is 13.9. The van der Waals surface area contributed by atoms with Gasteiger partial charge in [0.05, 0.1) is 11.7 Å². The highest BCUT2D eigenvalue weighted by molar-refractivity contribution is 7.18. The summed E-state index contributed by atoms with van der Waals surface area (Å²) in [6, 6.07) is 51.0. The SMILES string of the molecule is CCCCCCC1(CCCCCC)c2sc(-c3ccc(/C=C(\C)C(=O)O)cc3)cc2-c2cc(-c3ccc(-c4ccc(N(c5ccc6c(c5)C(C)(C)c5cc(C)cc(C)c5-6)c5ccc6c(c5)C(C)(C)c5cc(C)cc(C)c5-6)cc4)c4nsnc34)sc21. The van der Waals surface area contributed by atoms with Gasteiger partial charge in [0.25, 0.3) is 0 Å². The number of thiophene rings is 2. The van der Waals surface area contributed by atoms with Gasteiger partial charge in [-0.3, -0.25) is 0 Å². The third-order valence-electron chi connectivity index (χ3n) is 19.3. The Morgan fingerprint density at radius 2 is 0.976 bits per heavy atom. The number of nitrogens with zero attached hydrogens (tertiary/aromatic N) is 3. The number of aliphatic carboxylic acids is 1. The predicted octanol–water partition coefficient (Wildman–Crippen LogP) is 22.8. The molecule has 0 amide bonds. The van der Waals surface area contributed by atoms with E-state index < -0.39 is 5.97 Å². The van der Waals surface area contributed by atoms with Crippen LogP contribution in [0.5, 0.6) is 0 Å². The summed E-state index contributed by atoms with van der Waals surface area (Å²) >= 11 is 5.28. The number of carboxylic acid groups (broad SMARTS) is 1. The molecule has 85 heavy (non-hydrogen) atoms. The van der Waals surface area contributed by atoms with E-state index in [9.17, 15) is 9.90 Å². The standard InChI is InChI=1S/C77H77N3O2S3/c1-12-14-16-18-34-77(35-19-17-15-13-2)72-60(43-66(83-72)52-22-20-50(21-23-52)40-49(7)74(81)82)61-44-67(84-73(61)77)59-33-32-56(70-71(59)79-85-78-70)51-24-26-53(27-25-51)80(54-28-30-57-62(41-54)75(8,9)64-38-45(3)36-47(5)68(57)64)55-29-31-58-63(42-55)76(10,11)65-39-46(4)37-48(6)69(58)65/h20-33,36-44H,12-19,34-35H2,1-11H3,(H,81,82)/b49-40+. The molecule has 0 unspecified atom stereocenters. The van der Waals surface area contributed by atoms with Crippen LogP contribution in [-0.2, 0) is 21.0 Å². The van der Waals surface area contributed by atoms with Gasteiger partial charge in [0.2, 0.25) is 0 Å².